The Morgan fingerprint density at radius 2 is 1.59 bits per heavy atom. The lowest BCUT2D eigenvalue weighted by atomic mass is 9.53. The van der Waals surface area contributed by atoms with Crippen molar-refractivity contribution in [3.8, 4) is 0 Å². The van der Waals surface area contributed by atoms with Gasteiger partial charge in [-0.15, -0.1) is 0 Å². The Bertz CT molecular complexity index is 832. The standard InChI is InChI=1S/C25H33N3O4/c29-21(32-22(19-4-2-1-3-5-19)23(30)27-20-6-7-20)8-9-26-24(31)28-25-13-16-10-17(14-25)12-18(11-16)15-25/h1-5,16-18,20,22H,6-15H2,(H,27,30)(H2,26,28,31). The number of nitrogens with one attached hydrogen (secondary N) is 3. The smallest absolute Gasteiger partial charge is 0.315 e. The summed E-state index contributed by atoms with van der Waals surface area (Å²) in [5, 5.41) is 8.98. The number of rotatable bonds is 8. The van der Waals surface area contributed by atoms with Crippen molar-refractivity contribution in [3.63, 3.8) is 0 Å². The number of benzene rings is 1. The highest BCUT2D eigenvalue weighted by Gasteiger charge is 2.51. The van der Waals surface area contributed by atoms with Crippen LogP contribution in [0.5, 0.6) is 0 Å². The van der Waals surface area contributed by atoms with Crippen LogP contribution in [0, 0.1) is 17.8 Å². The first-order valence-electron chi connectivity index (χ1n) is 12.1. The molecule has 1 atom stereocenters. The molecular weight excluding hydrogens is 406 g/mol. The van der Waals surface area contributed by atoms with Gasteiger partial charge in [-0.2, -0.15) is 0 Å². The second-order valence-corrected chi connectivity index (χ2v) is 10.4. The quantitative estimate of drug-likeness (QED) is 0.542. The molecule has 5 saturated carbocycles. The lowest BCUT2D eigenvalue weighted by molar-refractivity contribution is -0.156. The molecule has 4 bridgehead atoms. The van der Waals surface area contributed by atoms with Crippen LogP contribution in [-0.2, 0) is 14.3 Å². The van der Waals surface area contributed by atoms with Crippen molar-refractivity contribution in [3.05, 3.63) is 35.9 Å². The highest BCUT2D eigenvalue weighted by molar-refractivity contribution is 5.85. The summed E-state index contributed by atoms with van der Waals surface area (Å²) in [6.07, 6.45) is 8.21. The minimum Gasteiger partial charge on any atom is -0.447 e. The van der Waals surface area contributed by atoms with Gasteiger partial charge in [0.2, 0.25) is 6.10 Å². The molecule has 1 aromatic rings. The van der Waals surface area contributed by atoms with Crippen LogP contribution in [0.25, 0.3) is 0 Å². The third-order valence-corrected chi connectivity index (χ3v) is 7.55. The molecule has 3 N–H and O–H groups in total. The summed E-state index contributed by atoms with van der Waals surface area (Å²) in [6, 6.07) is 9.03. The van der Waals surface area contributed by atoms with Gasteiger partial charge in [0, 0.05) is 23.7 Å². The first-order chi connectivity index (χ1) is 15.5. The van der Waals surface area contributed by atoms with E-state index in [1.807, 2.05) is 18.2 Å². The van der Waals surface area contributed by atoms with Gasteiger partial charge in [-0.3, -0.25) is 9.59 Å². The third-order valence-electron chi connectivity index (χ3n) is 7.55. The topological polar surface area (TPSA) is 96.5 Å². The molecule has 172 valence electrons. The van der Waals surface area contributed by atoms with Gasteiger partial charge in [0.25, 0.3) is 5.91 Å². The Hall–Kier alpha value is -2.57. The molecule has 0 spiro atoms. The summed E-state index contributed by atoms with van der Waals surface area (Å²) in [6.45, 7) is 0.183. The Kier molecular flexibility index (Phi) is 5.82. The van der Waals surface area contributed by atoms with Gasteiger partial charge in [-0.1, -0.05) is 30.3 Å². The molecule has 1 aromatic carbocycles. The predicted molar refractivity (Wildman–Crippen MR) is 118 cm³/mol. The van der Waals surface area contributed by atoms with Crippen LogP contribution >= 0.6 is 0 Å². The number of urea groups is 1. The summed E-state index contributed by atoms with van der Waals surface area (Å²) < 4.78 is 5.52. The number of carbonyl (C=O) groups excluding carboxylic acids is 3. The molecule has 5 aliphatic carbocycles. The molecule has 0 saturated heterocycles. The van der Waals surface area contributed by atoms with Crippen LogP contribution in [-0.4, -0.2) is 36.0 Å². The predicted octanol–water partition coefficient (Wildman–Crippen LogP) is 3.21. The zero-order chi connectivity index (χ0) is 22.1. The lowest BCUT2D eigenvalue weighted by Gasteiger charge is -2.56. The molecule has 3 amide bonds. The highest BCUT2D eigenvalue weighted by Crippen LogP contribution is 2.55. The van der Waals surface area contributed by atoms with Crippen molar-refractivity contribution in [2.75, 3.05) is 6.54 Å². The molecule has 1 unspecified atom stereocenters. The summed E-state index contributed by atoms with van der Waals surface area (Å²) in [4.78, 5) is 37.6. The molecule has 5 aliphatic rings. The average molecular weight is 440 g/mol. The highest BCUT2D eigenvalue weighted by atomic mass is 16.5. The van der Waals surface area contributed by atoms with Gasteiger partial charge in [0.05, 0.1) is 6.42 Å². The third kappa shape index (κ3) is 4.92. The zero-order valence-corrected chi connectivity index (χ0v) is 18.5. The molecule has 0 radical (unpaired) electrons. The van der Waals surface area contributed by atoms with Gasteiger partial charge < -0.3 is 20.7 Å². The van der Waals surface area contributed by atoms with Crippen LogP contribution in [0.15, 0.2) is 30.3 Å². The summed E-state index contributed by atoms with van der Waals surface area (Å²) in [5.74, 6) is 1.48. The van der Waals surface area contributed by atoms with Crippen LogP contribution in [0.3, 0.4) is 0 Å². The van der Waals surface area contributed by atoms with Gasteiger partial charge in [-0.05, 0) is 69.1 Å². The summed E-state index contributed by atoms with van der Waals surface area (Å²) >= 11 is 0. The molecule has 7 heteroatoms. The molecule has 0 heterocycles. The van der Waals surface area contributed by atoms with E-state index in [1.165, 1.54) is 19.3 Å². The van der Waals surface area contributed by atoms with E-state index in [2.05, 4.69) is 16.0 Å². The SMILES string of the molecule is O=C(NCCC(=O)OC(C(=O)NC1CC1)c1ccccc1)NC12CC3CC(CC(C3)C1)C2. The van der Waals surface area contributed by atoms with E-state index in [-0.39, 0.29) is 36.5 Å². The van der Waals surface area contributed by atoms with Crippen LogP contribution in [0.4, 0.5) is 4.79 Å². The van der Waals surface area contributed by atoms with E-state index in [9.17, 15) is 14.4 Å². The molecule has 0 aromatic heterocycles. The van der Waals surface area contributed by atoms with E-state index in [4.69, 9.17) is 4.74 Å². The minimum atomic E-state index is -0.967. The summed E-state index contributed by atoms with van der Waals surface area (Å²) in [5.41, 5.74) is 0.588. The molecule has 7 nitrogen and oxygen atoms in total. The number of amides is 3. The first kappa shape index (κ1) is 21.3. The normalized spacial score (nSPS) is 30.9. The van der Waals surface area contributed by atoms with E-state index in [0.717, 1.165) is 49.9 Å². The van der Waals surface area contributed by atoms with Crippen molar-refractivity contribution in [2.45, 2.75) is 75.5 Å². The Morgan fingerprint density at radius 3 is 2.19 bits per heavy atom. The maximum Gasteiger partial charge on any atom is 0.315 e. The number of hydrogen-bond donors (Lipinski definition) is 3. The Morgan fingerprint density at radius 1 is 0.969 bits per heavy atom. The molecule has 6 rings (SSSR count). The Balaban J connectivity index is 1.10. The largest absolute Gasteiger partial charge is 0.447 e. The van der Waals surface area contributed by atoms with Gasteiger partial charge in [-0.25, -0.2) is 4.79 Å². The minimum absolute atomic E-state index is 0.0222. The lowest BCUT2D eigenvalue weighted by Crippen LogP contribution is -2.61. The van der Waals surface area contributed by atoms with E-state index < -0.39 is 12.1 Å². The fourth-order valence-corrected chi connectivity index (χ4v) is 6.42. The van der Waals surface area contributed by atoms with Crippen molar-refractivity contribution in [1.82, 2.24) is 16.0 Å². The van der Waals surface area contributed by atoms with E-state index in [1.54, 1.807) is 12.1 Å². The Labute approximate surface area is 189 Å². The first-order valence-corrected chi connectivity index (χ1v) is 12.1. The van der Waals surface area contributed by atoms with Gasteiger partial charge in [0.15, 0.2) is 0 Å². The molecule has 0 aliphatic heterocycles. The van der Waals surface area contributed by atoms with Crippen molar-refractivity contribution >= 4 is 17.9 Å². The maximum atomic E-state index is 12.6. The second-order valence-electron chi connectivity index (χ2n) is 10.4. The average Bonchev–Trinajstić information content (AvgIpc) is 3.55. The monoisotopic (exact) mass is 439 g/mol. The van der Waals surface area contributed by atoms with Gasteiger partial charge in [0.1, 0.15) is 0 Å². The number of hydrogen-bond acceptors (Lipinski definition) is 4. The van der Waals surface area contributed by atoms with Gasteiger partial charge >= 0.3 is 12.0 Å². The molecule has 5 fully saturated rings. The fourth-order valence-electron chi connectivity index (χ4n) is 6.42. The van der Waals surface area contributed by atoms with Crippen molar-refractivity contribution in [1.29, 1.82) is 0 Å². The maximum absolute atomic E-state index is 12.6. The summed E-state index contributed by atoms with van der Waals surface area (Å²) in [7, 11) is 0. The number of ether oxygens (including phenoxy) is 1. The van der Waals surface area contributed by atoms with Crippen molar-refractivity contribution in [2.24, 2.45) is 17.8 Å². The molecular formula is C25H33N3O4. The van der Waals surface area contributed by atoms with E-state index >= 15 is 0 Å². The second kappa shape index (κ2) is 8.75. The molecule has 32 heavy (non-hydrogen) atoms. The number of esters is 1. The van der Waals surface area contributed by atoms with Crippen LogP contribution in [0.1, 0.15) is 69.5 Å². The van der Waals surface area contributed by atoms with Crippen LogP contribution in [0.2, 0.25) is 0 Å². The zero-order valence-electron chi connectivity index (χ0n) is 18.5. The van der Waals surface area contributed by atoms with Crippen LogP contribution < -0.4 is 16.0 Å². The van der Waals surface area contributed by atoms with E-state index in [0.29, 0.717) is 5.56 Å². The number of carbonyl (C=O) groups is 3. The fraction of sp³-hybridized carbons (Fsp3) is 0.640. The van der Waals surface area contributed by atoms with Crippen molar-refractivity contribution < 1.29 is 19.1 Å².